The molecule has 2 N–H and O–H groups in total. The summed E-state index contributed by atoms with van der Waals surface area (Å²) >= 11 is 0. The molecule has 12 nitrogen and oxygen atoms in total. The number of likely N-dealkylation sites (N-methyl/N-ethyl adjacent to an activating group) is 1. The summed E-state index contributed by atoms with van der Waals surface area (Å²) in [6, 6.07) is 10.6. The summed E-state index contributed by atoms with van der Waals surface area (Å²) in [7, 11) is 2.14. The van der Waals surface area contributed by atoms with Crippen LogP contribution < -0.4 is 20.9 Å². The quantitative estimate of drug-likeness (QED) is 0.285. The Labute approximate surface area is 290 Å². The summed E-state index contributed by atoms with van der Waals surface area (Å²) in [6.07, 6.45) is 9.09. The summed E-state index contributed by atoms with van der Waals surface area (Å²) in [5, 5.41) is 14.8. The normalized spacial score (nSPS) is 24.7. The van der Waals surface area contributed by atoms with Gasteiger partial charge in [0.2, 0.25) is 5.88 Å². The van der Waals surface area contributed by atoms with Crippen LogP contribution in [-0.4, -0.2) is 63.5 Å². The molecule has 2 fully saturated rings. The third-order valence-electron chi connectivity index (χ3n) is 12.0. The largest absolute Gasteiger partial charge is 0.473 e. The lowest BCUT2D eigenvalue weighted by Crippen LogP contribution is -2.38. The number of nitrogens with two attached hydrogens (primary N) is 1. The van der Waals surface area contributed by atoms with E-state index < -0.39 is 5.41 Å². The minimum Gasteiger partial charge on any atom is -0.473 e. The zero-order valence-electron chi connectivity index (χ0n) is 28.7. The first-order valence-corrected chi connectivity index (χ1v) is 18.0. The molecular weight excluding hydrogens is 632 g/mol. The highest BCUT2D eigenvalue weighted by Gasteiger charge is 2.49. The van der Waals surface area contributed by atoms with E-state index in [1.54, 1.807) is 0 Å². The van der Waals surface area contributed by atoms with Gasteiger partial charge < -0.3 is 29.2 Å². The number of benzene rings is 1. The van der Waals surface area contributed by atoms with Crippen molar-refractivity contribution in [2.75, 3.05) is 37.4 Å². The second kappa shape index (κ2) is 12.0. The molecule has 5 aliphatic rings. The molecule has 4 atom stereocenters. The molecule has 4 aromatic rings. The number of nitriles is 1. The Hall–Kier alpha value is -4.73. The van der Waals surface area contributed by atoms with E-state index in [9.17, 15) is 10.1 Å². The number of pyridine rings is 1. The number of anilines is 2. The number of aryl methyl sites for hydroxylation is 1. The average molecular weight is 675 g/mol. The third kappa shape index (κ3) is 4.85. The fourth-order valence-electron chi connectivity index (χ4n) is 9.39. The molecular formula is C38H42N8O4. The highest BCUT2D eigenvalue weighted by molar-refractivity contribution is 5.68. The molecule has 0 unspecified atom stereocenters. The van der Waals surface area contributed by atoms with Crippen LogP contribution in [0.2, 0.25) is 0 Å². The van der Waals surface area contributed by atoms with Crippen molar-refractivity contribution < 1.29 is 14.0 Å². The molecule has 0 saturated carbocycles. The fraction of sp³-hybridized carbons (Fsp3) is 0.500. The number of aromatic nitrogens is 4. The lowest BCUT2D eigenvalue weighted by Gasteiger charge is -2.33. The average Bonchev–Trinajstić information content (AvgIpc) is 3.96. The van der Waals surface area contributed by atoms with E-state index in [1.807, 2.05) is 22.9 Å². The van der Waals surface area contributed by atoms with Gasteiger partial charge in [0.05, 0.1) is 30.2 Å². The Balaban J connectivity index is 1.11. The number of nitrogens with zero attached hydrogens (tertiary/aromatic N) is 7. The topological polar surface area (TPSA) is 149 Å². The van der Waals surface area contributed by atoms with Crippen LogP contribution in [0.25, 0.3) is 11.5 Å². The predicted molar refractivity (Wildman–Crippen MR) is 186 cm³/mol. The molecule has 0 amide bonds. The van der Waals surface area contributed by atoms with E-state index in [0.717, 1.165) is 91.5 Å². The maximum Gasteiger partial charge on any atom is 0.256 e. The van der Waals surface area contributed by atoms with Crippen molar-refractivity contribution in [2.45, 2.75) is 95.0 Å². The zero-order valence-corrected chi connectivity index (χ0v) is 28.7. The summed E-state index contributed by atoms with van der Waals surface area (Å²) in [5.41, 5.74) is 12.5. The first-order valence-electron chi connectivity index (χ1n) is 18.0. The molecule has 0 radical (unpaired) electrons. The van der Waals surface area contributed by atoms with E-state index in [2.05, 4.69) is 47.1 Å². The molecule has 1 spiro atoms. The van der Waals surface area contributed by atoms with Crippen LogP contribution in [0.5, 0.6) is 5.88 Å². The van der Waals surface area contributed by atoms with E-state index in [4.69, 9.17) is 29.7 Å². The van der Waals surface area contributed by atoms with Gasteiger partial charge in [-0.05, 0) is 101 Å². The molecule has 258 valence electrons. The highest BCUT2D eigenvalue weighted by atomic mass is 16.5. The number of fused-ring (bicyclic) bond motifs is 5. The van der Waals surface area contributed by atoms with Crippen molar-refractivity contribution in [1.82, 2.24) is 24.6 Å². The van der Waals surface area contributed by atoms with Crippen LogP contribution >= 0.6 is 0 Å². The van der Waals surface area contributed by atoms with Crippen molar-refractivity contribution in [3.63, 3.8) is 0 Å². The monoisotopic (exact) mass is 674 g/mol. The molecule has 2 saturated heterocycles. The Morgan fingerprint density at radius 3 is 2.80 bits per heavy atom. The van der Waals surface area contributed by atoms with Gasteiger partial charge in [-0.1, -0.05) is 11.2 Å². The number of hydrogen-bond acceptors (Lipinski definition) is 11. The van der Waals surface area contributed by atoms with Gasteiger partial charge in [0, 0.05) is 48.3 Å². The van der Waals surface area contributed by atoms with E-state index in [0.29, 0.717) is 60.8 Å². The van der Waals surface area contributed by atoms with Gasteiger partial charge in [0.1, 0.15) is 18.0 Å². The Morgan fingerprint density at radius 2 is 2.00 bits per heavy atom. The zero-order chi connectivity index (χ0) is 34.1. The molecule has 0 bridgehead atoms. The van der Waals surface area contributed by atoms with Gasteiger partial charge in [-0.25, -0.2) is 4.98 Å². The molecule has 3 aliphatic heterocycles. The molecule has 6 heterocycles. The smallest absolute Gasteiger partial charge is 0.256 e. The van der Waals surface area contributed by atoms with Gasteiger partial charge in [-0.15, -0.1) is 0 Å². The molecule has 3 aromatic heterocycles. The maximum atomic E-state index is 13.7. The summed E-state index contributed by atoms with van der Waals surface area (Å²) in [5.74, 6) is 2.38. The number of likely N-dealkylation sites (tertiary alicyclic amines) is 1. The Kier molecular flexibility index (Phi) is 7.47. The Bertz CT molecular complexity index is 2100. The maximum absolute atomic E-state index is 13.7. The van der Waals surface area contributed by atoms with Crippen LogP contribution in [0.1, 0.15) is 90.6 Å². The number of ether oxygens (including phenoxy) is 2. The van der Waals surface area contributed by atoms with Crippen LogP contribution in [-0.2, 0) is 36.1 Å². The van der Waals surface area contributed by atoms with E-state index >= 15 is 0 Å². The predicted octanol–water partition coefficient (Wildman–Crippen LogP) is 4.66. The molecule has 9 rings (SSSR count). The number of rotatable bonds is 6. The second-order valence-electron chi connectivity index (χ2n) is 14.8. The first-order chi connectivity index (χ1) is 24.3. The highest BCUT2D eigenvalue weighted by Crippen LogP contribution is 2.54. The fourth-order valence-corrected chi connectivity index (χ4v) is 9.39. The molecule has 12 heteroatoms. The lowest BCUT2D eigenvalue weighted by atomic mass is 9.68. The van der Waals surface area contributed by atoms with Gasteiger partial charge in [-0.3, -0.25) is 9.69 Å². The van der Waals surface area contributed by atoms with Crippen molar-refractivity contribution in [2.24, 2.45) is 0 Å². The first kappa shape index (κ1) is 31.3. The summed E-state index contributed by atoms with van der Waals surface area (Å²) < 4.78 is 20.3. The minimum absolute atomic E-state index is 0.0363. The van der Waals surface area contributed by atoms with Crippen molar-refractivity contribution in [1.29, 1.82) is 5.26 Å². The number of hydrogen-bond donors (Lipinski definition) is 1. The van der Waals surface area contributed by atoms with E-state index in [1.165, 1.54) is 0 Å². The lowest BCUT2D eigenvalue weighted by molar-refractivity contribution is 0.117. The van der Waals surface area contributed by atoms with Gasteiger partial charge >= 0.3 is 0 Å². The summed E-state index contributed by atoms with van der Waals surface area (Å²) in [6.45, 7) is 5.38. The molecule has 2 aliphatic carbocycles. The third-order valence-corrected chi connectivity index (χ3v) is 12.0. The molecule has 1 aromatic carbocycles. The van der Waals surface area contributed by atoms with Crippen molar-refractivity contribution >= 4 is 11.5 Å². The van der Waals surface area contributed by atoms with Crippen LogP contribution in [0.3, 0.4) is 0 Å². The van der Waals surface area contributed by atoms with Crippen molar-refractivity contribution in [3.05, 3.63) is 80.0 Å². The Morgan fingerprint density at radius 1 is 1.10 bits per heavy atom. The van der Waals surface area contributed by atoms with Gasteiger partial charge in [0.25, 0.3) is 5.56 Å². The van der Waals surface area contributed by atoms with E-state index in [-0.39, 0.29) is 23.7 Å². The second-order valence-corrected chi connectivity index (χ2v) is 14.8. The van der Waals surface area contributed by atoms with Gasteiger partial charge in [-0.2, -0.15) is 10.2 Å². The summed E-state index contributed by atoms with van der Waals surface area (Å²) in [4.78, 5) is 28.2. The van der Waals surface area contributed by atoms with Gasteiger partial charge in [0.15, 0.2) is 17.3 Å². The molecule has 50 heavy (non-hydrogen) atoms. The number of nitrogen functional groups attached to an aromatic ring is 1. The van der Waals surface area contributed by atoms with Crippen LogP contribution in [0, 0.1) is 11.3 Å². The van der Waals surface area contributed by atoms with Crippen LogP contribution in [0.4, 0.5) is 11.5 Å². The van der Waals surface area contributed by atoms with Crippen molar-refractivity contribution in [3.8, 4) is 23.5 Å². The van der Waals surface area contributed by atoms with Crippen LogP contribution in [0.15, 0.2) is 39.8 Å². The SMILES string of the molecule is C[C@H](Oc1cc(N2Cc3ccn([C@H]4CCOC4)c(=O)c3C2)nc(-c2noc3c2CCC[C@@]32CCc3ccc(N)c(C#N)c32)n1)[C@@H]1CCCN1C. The minimum atomic E-state index is -0.464. The standard InChI is InChI=1S/C38H42N8O4/c1-22(30-6-4-14-44(30)2)49-32-17-31(45-19-24-10-15-46(25-11-16-48-21-25)37(47)28(24)20-45)41-36(42-32)34-26-5-3-12-38(35(26)50-43-34)13-9-23-7-8-29(40)27(18-39)33(23)38/h7-8,10,15,17,22,25,30H,3-6,9,11-14,16,19-21,40H2,1-2H3/t22-,25-,30-,38-/m0/s1.